The van der Waals surface area contributed by atoms with E-state index in [0.717, 1.165) is 6.07 Å². The fourth-order valence-electron chi connectivity index (χ4n) is 1.63. The van der Waals surface area contributed by atoms with Crippen LogP contribution in [-0.4, -0.2) is 27.4 Å². The fourth-order valence-corrected chi connectivity index (χ4v) is 1.63. The number of carbonyl (C=O) groups is 2. The number of aliphatic hydroxyl groups excluding tert-OH is 1. The van der Waals surface area contributed by atoms with Crippen LogP contribution in [0.15, 0.2) is 18.2 Å². The first-order valence-electron chi connectivity index (χ1n) is 5.09. The molecule has 0 fully saturated rings. The van der Waals surface area contributed by atoms with Crippen LogP contribution in [0, 0.1) is 10.1 Å². The number of aldehydes is 1. The number of benzene rings is 1. The van der Waals surface area contributed by atoms with E-state index >= 15 is 0 Å². The number of aliphatic hydroxyl groups is 1. The highest BCUT2D eigenvalue weighted by atomic mass is 16.6. The van der Waals surface area contributed by atoms with Crippen LogP contribution in [0.3, 0.4) is 0 Å². The summed E-state index contributed by atoms with van der Waals surface area (Å²) in [6.07, 6.45) is -1.12. The van der Waals surface area contributed by atoms with Gasteiger partial charge in [0.15, 0.2) is 6.10 Å². The predicted octanol–water partition coefficient (Wildman–Crippen LogP) is 0.844. The average molecular weight is 253 g/mol. The molecule has 96 valence electrons. The first kappa shape index (κ1) is 13.8. The van der Waals surface area contributed by atoms with Gasteiger partial charge in [0.2, 0.25) is 0 Å². The van der Waals surface area contributed by atoms with Crippen molar-refractivity contribution in [3.8, 4) is 0 Å². The summed E-state index contributed by atoms with van der Waals surface area (Å²) >= 11 is 0. The largest absolute Gasteiger partial charge is 0.479 e. The fraction of sp³-hybridized carbons (Fsp3) is 0.273. The van der Waals surface area contributed by atoms with Gasteiger partial charge in [-0.15, -0.1) is 0 Å². The number of nitro groups is 1. The van der Waals surface area contributed by atoms with Crippen molar-refractivity contribution >= 4 is 17.9 Å². The molecule has 0 amide bonds. The van der Waals surface area contributed by atoms with Crippen molar-refractivity contribution in [3.05, 3.63) is 39.4 Å². The Morgan fingerprint density at radius 2 is 2.17 bits per heavy atom. The summed E-state index contributed by atoms with van der Waals surface area (Å²) < 4.78 is 0. The zero-order valence-electron chi connectivity index (χ0n) is 9.28. The van der Waals surface area contributed by atoms with Crippen molar-refractivity contribution < 1.29 is 24.7 Å². The third-order valence-electron chi connectivity index (χ3n) is 2.41. The van der Waals surface area contributed by atoms with Crippen LogP contribution < -0.4 is 0 Å². The Hall–Kier alpha value is -2.28. The lowest BCUT2D eigenvalue weighted by atomic mass is 9.97. The highest BCUT2D eigenvalue weighted by molar-refractivity contribution is 5.76. The summed E-state index contributed by atoms with van der Waals surface area (Å²) in [7, 11) is 0. The van der Waals surface area contributed by atoms with Crippen molar-refractivity contribution in [2.75, 3.05) is 0 Å². The van der Waals surface area contributed by atoms with E-state index < -0.39 is 22.7 Å². The molecule has 1 aromatic rings. The third-order valence-corrected chi connectivity index (χ3v) is 2.41. The second-order valence-electron chi connectivity index (χ2n) is 3.55. The lowest BCUT2D eigenvalue weighted by Gasteiger charge is -2.11. The van der Waals surface area contributed by atoms with Gasteiger partial charge in [0.25, 0.3) is 5.69 Å². The Bertz CT molecular complexity index is 484. The van der Waals surface area contributed by atoms with Crippen LogP contribution >= 0.6 is 0 Å². The highest BCUT2D eigenvalue weighted by Crippen LogP contribution is 2.29. The number of aliphatic carboxylic acids is 1. The summed E-state index contributed by atoms with van der Waals surface area (Å²) in [4.78, 5) is 31.1. The molecule has 0 heterocycles. The summed E-state index contributed by atoms with van der Waals surface area (Å²) in [6, 6.07) is 3.96. The molecule has 1 atom stereocenters. The van der Waals surface area contributed by atoms with Gasteiger partial charge in [-0.1, -0.05) is 12.1 Å². The maximum atomic E-state index is 10.8. The Kier molecular flexibility index (Phi) is 4.50. The van der Waals surface area contributed by atoms with Crippen LogP contribution in [0.5, 0.6) is 0 Å². The Labute approximate surface area is 102 Å². The predicted molar refractivity (Wildman–Crippen MR) is 60.1 cm³/mol. The summed E-state index contributed by atoms with van der Waals surface area (Å²) in [5, 5.41) is 29.1. The third kappa shape index (κ3) is 2.89. The minimum atomic E-state index is -1.98. The quantitative estimate of drug-likeness (QED) is 0.440. The van der Waals surface area contributed by atoms with Crippen molar-refractivity contribution in [2.45, 2.75) is 18.9 Å². The zero-order chi connectivity index (χ0) is 13.7. The average Bonchev–Trinajstić information content (AvgIpc) is 2.34. The molecule has 0 aliphatic carbocycles. The molecule has 0 bridgehead atoms. The van der Waals surface area contributed by atoms with Gasteiger partial charge < -0.3 is 15.0 Å². The number of hydrogen-bond donors (Lipinski definition) is 2. The van der Waals surface area contributed by atoms with E-state index in [4.69, 9.17) is 5.11 Å². The smallest absolute Gasteiger partial charge is 0.337 e. The second-order valence-corrected chi connectivity index (χ2v) is 3.55. The minimum Gasteiger partial charge on any atom is -0.479 e. The Balaban J connectivity index is 3.33. The summed E-state index contributed by atoms with van der Waals surface area (Å²) in [5.41, 5.74) is -0.448. The monoisotopic (exact) mass is 253 g/mol. The molecule has 1 rings (SSSR count). The molecule has 1 aromatic carbocycles. The van der Waals surface area contributed by atoms with Crippen molar-refractivity contribution in [2.24, 2.45) is 0 Å². The van der Waals surface area contributed by atoms with Crippen molar-refractivity contribution in [3.63, 3.8) is 0 Å². The number of carbonyl (C=O) groups excluding carboxylic acids is 1. The molecular weight excluding hydrogens is 242 g/mol. The van der Waals surface area contributed by atoms with E-state index in [0.29, 0.717) is 6.29 Å². The number of rotatable bonds is 6. The van der Waals surface area contributed by atoms with E-state index in [1.54, 1.807) is 0 Å². The van der Waals surface area contributed by atoms with Gasteiger partial charge in [0.1, 0.15) is 6.29 Å². The van der Waals surface area contributed by atoms with Gasteiger partial charge >= 0.3 is 5.97 Å². The number of nitro benzene ring substituents is 1. The Morgan fingerprint density at radius 1 is 1.50 bits per heavy atom. The number of carboxylic acid groups (broad SMARTS) is 1. The van der Waals surface area contributed by atoms with Crippen LogP contribution in [0.4, 0.5) is 5.69 Å². The summed E-state index contributed by atoms with van der Waals surface area (Å²) in [5.74, 6) is -1.57. The normalized spacial score (nSPS) is 11.8. The summed E-state index contributed by atoms with van der Waals surface area (Å²) in [6.45, 7) is 0. The molecule has 0 spiro atoms. The molecule has 0 saturated carbocycles. The maximum absolute atomic E-state index is 10.8. The molecule has 0 aliphatic rings. The van der Waals surface area contributed by atoms with E-state index in [1.807, 2.05) is 0 Å². The lowest BCUT2D eigenvalue weighted by molar-refractivity contribution is -0.386. The molecule has 0 radical (unpaired) electrons. The van der Waals surface area contributed by atoms with E-state index in [9.17, 15) is 24.8 Å². The molecule has 0 saturated heterocycles. The topological polar surface area (TPSA) is 118 Å². The van der Waals surface area contributed by atoms with Crippen LogP contribution in [0.25, 0.3) is 0 Å². The maximum Gasteiger partial charge on any atom is 0.337 e. The number of nitrogens with zero attached hydrogens (tertiary/aromatic N) is 1. The van der Waals surface area contributed by atoms with Crippen LogP contribution in [-0.2, 0) is 16.0 Å². The van der Waals surface area contributed by atoms with Gasteiger partial charge in [0.05, 0.1) is 10.5 Å². The molecule has 0 aliphatic heterocycles. The van der Waals surface area contributed by atoms with Gasteiger partial charge in [0, 0.05) is 12.5 Å². The standard InChI is InChI=1S/C11H11NO6/c13-6-2-4-7-3-1-5-8(12(17)18)9(7)10(14)11(15)16/h1,3,5-6,10,14H,2,4H2,(H,15,16). The molecule has 1 unspecified atom stereocenters. The number of aryl methyl sites for hydroxylation is 1. The molecule has 7 nitrogen and oxygen atoms in total. The SMILES string of the molecule is O=CCCc1cccc([N+](=O)[O-])c1C(O)C(=O)O. The zero-order valence-corrected chi connectivity index (χ0v) is 9.28. The van der Waals surface area contributed by atoms with Crippen molar-refractivity contribution in [1.82, 2.24) is 0 Å². The van der Waals surface area contributed by atoms with E-state index in [-0.39, 0.29) is 24.0 Å². The molecule has 0 aromatic heterocycles. The van der Waals surface area contributed by atoms with E-state index in [1.165, 1.54) is 12.1 Å². The van der Waals surface area contributed by atoms with Gasteiger partial charge in [-0.25, -0.2) is 4.79 Å². The second kappa shape index (κ2) is 5.87. The molecule has 18 heavy (non-hydrogen) atoms. The van der Waals surface area contributed by atoms with E-state index in [2.05, 4.69) is 0 Å². The minimum absolute atomic E-state index is 0.0977. The van der Waals surface area contributed by atoms with Crippen LogP contribution in [0.2, 0.25) is 0 Å². The highest BCUT2D eigenvalue weighted by Gasteiger charge is 2.28. The first-order valence-corrected chi connectivity index (χ1v) is 5.09. The first-order chi connectivity index (χ1) is 8.49. The molecule has 7 heteroatoms. The van der Waals surface area contributed by atoms with Gasteiger partial charge in [-0.2, -0.15) is 0 Å². The lowest BCUT2D eigenvalue weighted by Crippen LogP contribution is -2.15. The van der Waals surface area contributed by atoms with Gasteiger partial charge in [-0.05, 0) is 12.0 Å². The Morgan fingerprint density at radius 3 is 2.67 bits per heavy atom. The number of carboxylic acids is 1. The van der Waals surface area contributed by atoms with Crippen molar-refractivity contribution in [1.29, 1.82) is 0 Å². The van der Waals surface area contributed by atoms with Crippen LogP contribution in [0.1, 0.15) is 23.7 Å². The molecular formula is C11H11NO6. The molecule has 2 N–H and O–H groups in total. The van der Waals surface area contributed by atoms with Gasteiger partial charge in [-0.3, -0.25) is 10.1 Å². The number of hydrogen-bond acceptors (Lipinski definition) is 5.